The van der Waals surface area contributed by atoms with Crippen molar-refractivity contribution in [2.24, 2.45) is 17.6 Å². The van der Waals surface area contributed by atoms with E-state index in [4.69, 9.17) is 5.73 Å². The van der Waals surface area contributed by atoms with Crippen LogP contribution in [0.25, 0.3) is 0 Å². The number of hydrogen-bond donors (Lipinski definition) is 2. The van der Waals surface area contributed by atoms with E-state index >= 15 is 0 Å². The Kier molecular flexibility index (Phi) is 5.18. The van der Waals surface area contributed by atoms with Gasteiger partial charge >= 0.3 is 0 Å². The SMILES string of the molecule is CC(N)C(C)C(=O)NC(c1ccccc1)C1CCCC1. The molecule has 0 radical (unpaired) electrons. The van der Waals surface area contributed by atoms with Gasteiger partial charge in [-0.05, 0) is 31.2 Å². The molecule has 20 heavy (non-hydrogen) atoms. The standard InChI is InChI=1S/C17H26N2O/c1-12(13(2)18)17(20)19-16(15-10-6-7-11-15)14-8-4-3-5-9-14/h3-5,8-9,12-13,15-16H,6-7,10-11,18H2,1-2H3,(H,19,20). The molecule has 0 aliphatic heterocycles. The van der Waals surface area contributed by atoms with Crippen molar-refractivity contribution in [2.75, 3.05) is 0 Å². The van der Waals surface area contributed by atoms with Gasteiger partial charge in [-0.3, -0.25) is 4.79 Å². The van der Waals surface area contributed by atoms with Crippen LogP contribution < -0.4 is 11.1 Å². The molecule has 110 valence electrons. The lowest BCUT2D eigenvalue weighted by Crippen LogP contribution is -2.41. The first-order valence-corrected chi connectivity index (χ1v) is 7.70. The molecule has 3 heteroatoms. The minimum Gasteiger partial charge on any atom is -0.349 e. The van der Waals surface area contributed by atoms with Crippen molar-refractivity contribution in [2.45, 2.75) is 51.6 Å². The highest BCUT2D eigenvalue weighted by Crippen LogP contribution is 2.35. The Balaban J connectivity index is 2.13. The zero-order valence-electron chi connectivity index (χ0n) is 12.5. The van der Waals surface area contributed by atoms with Crippen molar-refractivity contribution in [3.8, 4) is 0 Å². The molecular weight excluding hydrogens is 248 g/mol. The second-order valence-corrected chi connectivity index (χ2v) is 6.09. The third-order valence-corrected chi connectivity index (χ3v) is 4.53. The Hall–Kier alpha value is -1.35. The summed E-state index contributed by atoms with van der Waals surface area (Å²) in [4.78, 5) is 12.3. The number of nitrogens with one attached hydrogen (secondary N) is 1. The first kappa shape index (κ1) is 15.0. The maximum Gasteiger partial charge on any atom is 0.224 e. The van der Waals surface area contributed by atoms with Crippen LogP contribution in [0, 0.1) is 11.8 Å². The maximum absolute atomic E-state index is 12.3. The van der Waals surface area contributed by atoms with Crippen LogP contribution in [0.2, 0.25) is 0 Å². The lowest BCUT2D eigenvalue weighted by molar-refractivity contribution is -0.126. The molecule has 0 bridgehead atoms. The van der Waals surface area contributed by atoms with Gasteiger partial charge in [-0.25, -0.2) is 0 Å². The molecule has 1 amide bonds. The van der Waals surface area contributed by atoms with Gasteiger partial charge in [-0.1, -0.05) is 50.1 Å². The highest BCUT2D eigenvalue weighted by atomic mass is 16.2. The molecule has 0 heterocycles. The van der Waals surface area contributed by atoms with Crippen molar-refractivity contribution < 1.29 is 4.79 Å². The molecule has 0 saturated heterocycles. The summed E-state index contributed by atoms with van der Waals surface area (Å²) in [7, 11) is 0. The second-order valence-electron chi connectivity index (χ2n) is 6.09. The van der Waals surface area contributed by atoms with Gasteiger partial charge in [-0.15, -0.1) is 0 Å². The van der Waals surface area contributed by atoms with Gasteiger partial charge in [0.1, 0.15) is 0 Å². The van der Waals surface area contributed by atoms with Crippen molar-refractivity contribution in [1.29, 1.82) is 0 Å². The highest BCUT2D eigenvalue weighted by molar-refractivity contribution is 5.79. The molecule has 0 aromatic heterocycles. The lowest BCUT2D eigenvalue weighted by atomic mass is 9.90. The van der Waals surface area contributed by atoms with E-state index in [0.717, 1.165) is 0 Å². The minimum absolute atomic E-state index is 0.0701. The summed E-state index contributed by atoms with van der Waals surface area (Å²) in [6, 6.07) is 10.3. The topological polar surface area (TPSA) is 55.1 Å². The molecule has 2 rings (SSSR count). The van der Waals surface area contributed by atoms with Gasteiger partial charge in [0.25, 0.3) is 0 Å². The Morgan fingerprint density at radius 3 is 2.35 bits per heavy atom. The Bertz CT molecular complexity index is 424. The number of carbonyl (C=O) groups is 1. The number of carbonyl (C=O) groups excluding carboxylic acids is 1. The first-order chi connectivity index (χ1) is 9.59. The predicted molar refractivity (Wildman–Crippen MR) is 82.1 cm³/mol. The highest BCUT2D eigenvalue weighted by Gasteiger charge is 2.29. The Morgan fingerprint density at radius 2 is 1.80 bits per heavy atom. The third kappa shape index (κ3) is 3.60. The van der Waals surface area contributed by atoms with Crippen molar-refractivity contribution in [3.05, 3.63) is 35.9 Å². The van der Waals surface area contributed by atoms with E-state index in [1.54, 1.807) is 0 Å². The van der Waals surface area contributed by atoms with Crippen molar-refractivity contribution in [1.82, 2.24) is 5.32 Å². The number of benzene rings is 1. The summed E-state index contributed by atoms with van der Waals surface area (Å²) in [5.41, 5.74) is 7.06. The summed E-state index contributed by atoms with van der Waals surface area (Å²) >= 11 is 0. The molecular formula is C17H26N2O. The van der Waals surface area contributed by atoms with Crippen LogP contribution in [0.3, 0.4) is 0 Å². The molecule has 3 nitrogen and oxygen atoms in total. The van der Waals surface area contributed by atoms with Crippen LogP contribution in [0.5, 0.6) is 0 Å². The van der Waals surface area contributed by atoms with Gasteiger partial charge in [-0.2, -0.15) is 0 Å². The molecule has 3 unspecified atom stereocenters. The van der Waals surface area contributed by atoms with Gasteiger partial charge in [0.05, 0.1) is 6.04 Å². The summed E-state index contributed by atoms with van der Waals surface area (Å²) in [6.07, 6.45) is 4.94. The van der Waals surface area contributed by atoms with Crippen LogP contribution in [0.4, 0.5) is 0 Å². The fraction of sp³-hybridized carbons (Fsp3) is 0.588. The van der Waals surface area contributed by atoms with E-state index in [1.807, 2.05) is 32.0 Å². The lowest BCUT2D eigenvalue weighted by Gasteiger charge is -2.27. The normalized spacial score (nSPS) is 20.4. The van der Waals surface area contributed by atoms with Crippen LogP contribution in [0.1, 0.15) is 51.1 Å². The van der Waals surface area contributed by atoms with Gasteiger partial charge in [0.2, 0.25) is 5.91 Å². The summed E-state index contributed by atoms with van der Waals surface area (Å²) in [6.45, 7) is 3.79. The van der Waals surface area contributed by atoms with Crippen LogP contribution in [0.15, 0.2) is 30.3 Å². The molecule has 1 saturated carbocycles. The smallest absolute Gasteiger partial charge is 0.224 e. The second kappa shape index (κ2) is 6.89. The van der Waals surface area contributed by atoms with E-state index in [1.165, 1.54) is 31.2 Å². The molecule has 1 aromatic rings. The van der Waals surface area contributed by atoms with Crippen molar-refractivity contribution in [3.63, 3.8) is 0 Å². The molecule has 3 N–H and O–H groups in total. The van der Waals surface area contributed by atoms with Gasteiger partial charge < -0.3 is 11.1 Å². The summed E-state index contributed by atoms with van der Waals surface area (Å²) in [5.74, 6) is 0.477. The Labute approximate surface area is 121 Å². The van der Waals surface area contributed by atoms with E-state index in [0.29, 0.717) is 5.92 Å². The zero-order chi connectivity index (χ0) is 14.5. The number of nitrogens with two attached hydrogens (primary N) is 1. The molecule has 1 fully saturated rings. The summed E-state index contributed by atoms with van der Waals surface area (Å²) in [5, 5.41) is 3.24. The predicted octanol–water partition coefficient (Wildman–Crippen LogP) is 3.02. The molecule has 1 aliphatic carbocycles. The number of amides is 1. The monoisotopic (exact) mass is 274 g/mol. The van der Waals surface area contributed by atoms with Gasteiger partial charge in [0, 0.05) is 12.0 Å². The quantitative estimate of drug-likeness (QED) is 0.867. The third-order valence-electron chi connectivity index (χ3n) is 4.53. The summed E-state index contributed by atoms with van der Waals surface area (Å²) < 4.78 is 0. The molecule has 1 aromatic carbocycles. The van der Waals surface area contributed by atoms with Gasteiger partial charge in [0.15, 0.2) is 0 Å². The van der Waals surface area contributed by atoms with Crippen LogP contribution >= 0.6 is 0 Å². The van der Waals surface area contributed by atoms with E-state index < -0.39 is 0 Å². The fourth-order valence-corrected chi connectivity index (χ4v) is 2.95. The average Bonchev–Trinajstić information content (AvgIpc) is 2.98. The molecule has 0 spiro atoms. The van der Waals surface area contributed by atoms with E-state index in [2.05, 4.69) is 17.4 Å². The van der Waals surface area contributed by atoms with Crippen LogP contribution in [-0.4, -0.2) is 11.9 Å². The minimum atomic E-state index is -0.150. The van der Waals surface area contributed by atoms with E-state index in [9.17, 15) is 4.79 Å². The van der Waals surface area contributed by atoms with E-state index in [-0.39, 0.29) is 23.9 Å². The fourth-order valence-electron chi connectivity index (χ4n) is 2.95. The van der Waals surface area contributed by atoms with Crippen LogP contribution in [-0.2, 0) is 4.79 Å². The molecule has 3 atom stereocenters. The number of hydrogen-bond acceptors (Lipinski definition) is 2. The largest absolute Gasteiger partial charge is 0.349 e. The Morgan fingerprint density at radius 1 is 1.20 bits per heavy atom. The zero-order valence-corrected chi connectivity index (χ0v) is 12.5. The first-order valence-electron chi connectivity index (χ1n) is 7.70. The van der Waals surface area contributed by atoms with Crippen molar-refractivity contribution >= 4 is 5.91 Å². The average molecular weight is 274 g/mol. The maximum atomic E-state index is 12.3. The molecule has 1 aliphatic rings. The number of rotatable bonds is 5.